The third-order valence-electron chi connectivity index (χ3n) is 9.72. The number of carbonyl (C=O) groups excluding carboxylic acids is 3. The van der Waals surface area contributed by atoms with Crippen molar-refractivity contribution in [2.24, 2.45) is 22.9 Å². The molecule has 1 aromatic carbocycles. The third kappa shape index (κ3) is 7.79. The van der Waals surface area contributed by atoms with E-state index in [-0.39, 0.29) is 38.0 Å². The number of carbonyl (C=O) groups is 3. The maximum Gasteiger partial charge on any atom is 0.457 e. The zero-order valence-corrected chi connectivity index (χ0v) is 28.0. The van der Waals surface area contributed by atoms with Gasteiger partial charge in [-0.3, -0.25) is 9.59 Å². The van der Waals surface area contributed by atoms with E-state index >= 15 is 0 Å². The molecule has 1 saturated carbocycles. The minimum atomic E-state index is -1.45. The number of alkyl carbamates (subject to hydrolysis) is 1. The molecule has 4 rings (SSSR count). The van der Waals surface area contributed by atoms with Gasteiger partial charge in [0.1, 0.15) is 23.8 Å². The Balaban J connectivity index is 1.52. The first-order chi connectivity index (χ1) is 21.5. The molecule has 2 amide bonds. The van der Waals surface area contributed by atoms with Gasteiger partial charge in [0.25, 0.3) is 0 Å². The molecule has 0 bridgehead atoms. The summed E-state index contributed by atoms with van der Waals surface area (Å²) in [5.74, 6) is -1.80. The lowest BCUT2D eigenvalue weighted by Crippen LogP contribution is -2.52. The second-order valence-corrected chi connectivity index (χ2v) is 14.7. The van der Waals surface area contributed by atoms with Crippen molar-refractivity contribution < 1.29 is 38.3 Å². The molecule has 1 aromatic rings. The standard InChI is InChI=1S/C32H48BN5O8/c1-29(2,3)44-28(42)35-25(19-39)26(40)38-17-22-16-32(36-37-34,27(41)43-20-21-12-9-8-10-13-21)24(23(22)18-38)14-11-15-33-45-30(4,5)31(6,7)46-33/h8-10,12-13,22-25,39H,11,14-20H2,1-7H3,(H,35,42)/t22-,23+,24-,25-,32?/m0/s1. The molecule has 2 saturated heterocycles. The predicted molar refractivity (Wildman–Crippen MR) is 170 cm³/mol. The number of rotatable bonds is 11. The lowest BCUT2D eigenvalue weighted by molar-refractivity contribution is -0.153. The summed E-state index contributed by atoms with van der Waals surface area (Å²) in [6.07, 6.45) is 1.10. The first-order valence-electron chi connectivity index (χ1n) is 16.0. The summed E-state index contributed by atoms with van der Waals surface area (Å²) in [5, 5.41) is 16.6. The number of fused-ring (bicyclic) bond motifs is 1. The van der Waals surface area contributed by atoms with Crippen molar-refractivity contribution in [2.45, 2.75) is 109 Å². The molecular weight excluding hydrogens is 593 g/mol. The van der Waals surface area contributed by atoms with E-state index in [2.05, 4.69) is 15.3 Å². The van der Waals surface area contributed by atoms with Crippen molar-refractivity contribution >= 4 is 25.1 Å². The fourth-order valence-corrected chi connectivity index (χ4v) is 6.87. The van der Waals surface area contributed by atoms with Crippen LogP contribution in [0.2, 0.25) is 6.32 Å². The average Bonchev–Trinajstić information content (AvgIpc) is 3.56. The lowest BCUT2D eigenvalue weighted by atomic mass is 9.75. The van der Waals surface area contributed by atoms with Crippen LogP contribution in [0.1, 0.15) is 73.3 Å². The molecule has 1 unspecified atom stereocenters. The van der Waals surface area contributed by atoms with E-state index in [0.717, 1.165) is 5.56 Å². The molecule has 0 spiro atoms. The molecule has 0 radical (unpaired) electrons. The number of aliphatic hydroxyl groups is 1. The molecular formula is C32H48BN5O8. The number of amides is 2. The van der Waals surface area contributed by atoms with Crippen LogP contribution in [0, 0.1) is 17.8 Å². The quantitative estimate of drug-likeness (QED) is 0.116. The van der Waals surface area contributed by atoms with Crippen LogP contribution >= 0.6 is 0 Å². The van der Waals surface area contributed by atoms with Crippen molar-refractivity contribution in [2.75, 3.05) is 19.7 Å². The van der Waals surface area contributed by atoms with E-state index < -0.39 is 66.0 Å². The summed E-state index contributed by atoms with van der Waals surface area (Å²) >= 11 is 0. The van der Waals surface area contributed by atoms with E-state index in [1.165, 1.54) is 0 Å². The van der Waals surface area contributed by atoms with Crippen LogP contribution in [0.4, 0.5) is 4.79 Å². The summed E-state index contributed by atoms with van der Waals surface area (Å²) < 4.78 is 23.4. The smallest absolute Gasteiger partial charge is 0.457 e. The highest BCUT2D eigenvalue weighted by atomic mass is 16.7. The monoisotopic (exact) mass is 641 g/mol. The van der Waals surface area contributed by atoms with Gasteiger partial charge in [-0.1, -0.05) is 41.9 Å². The second kappa shape index (κ2) is 13.8. The SMILES string of the molecule is CC(C)(C)OC(=O)N[C@@H](CO)C(=O)N1C[C@@H]2CC(N=[N+]=[N-])(C(=O)OCc3ccccc3)[C@@H](CCCB3OC(C)(C)C(C)(C)O3)[C@@H]2C1. The maximum atomic E-state index is 13.9. The van der Waals surface area contributed by atoms with E-state index in [1.54, 1.807) is 25.7 Å². The highest BCUT2D eigenvalue weighted by molar-refractivity contribution is 6.45. The molecule has 3 fully saturated rings. The number of hydrogen-bond acceptors (Lipinski definition) is 9. The zero-order chi connectivity index (χ0) is 33.9. The Hall–Kier alpha value is -3.32. The number of hydrogen-bond donors (Lipinski definition) is 2. The largest absolute Gasteiger partial charge is 0.460 e. The summed E-state index contributed by atoms with van der Waals surface area (Å²) in [6.45, 7) is 13.1. The molecule has 5 atom stereocenters. The Bertz CT molecular complexity index is 1300. The van der Waals surface area contributed by atoms with E-state index in [9.17, 15) is 25.0 Å². The normalized spacial score (nSPS) is 27.0. The number of likely N-dealkylation sites (tertiary alicyclic amines) is 1. The van der Waals surface area contributed by atoms with Crippen molar-refractivity contribution in [3.05, 3.63) is 46.3 Å². The first-order valence-corrected chi connectivity index (χ1v) is 16.0. The van der Waals surface area contributed by atoms with Crippen LogP contribution in [-0.4, -0.2) is 83.2 Å². The van der Waals surface area contributed by atoms with Crippen molar-refractivity contribution in [3.63, 3.8) is 0 Å². The van der Waals surface area contributed by atoms with E-state index in [4.69, 9.17) is 18.8 Å². The van der Waals surface area contributed by atoms with Crippen LogP contribution in [-0.2, 0) is 35.0 Å². The van der Waals surface area contributed by atoms with Gasteiger partial charge in [0.05, 0.1) is 17.8 Å². The number of benzene rings is 1. The molecule has 1 aliphatic carbocycles. The van der Waals surface area contributed by atoms with Gasteiger partial charge in [0.2, 0.25) is 5.91 Å². The van der Waals surface area contributed by atoms with Gasteiger partial charge in [0.15, 0.2) is 0 Å². The fourth-order valence-electron chi connectivity index (χ4n) is 6.87. The number of aliphatic hydroxyl groups excluding tert-OH is 1. The van der Waals surface area contributed by atoms with Crippen molar-refractivity contribution in [3.8, 4) is 0 Å². The van der Waals surface area contributed by atoms with Gasteiger partial charge < -0.3 is 34.1 Å². The molecule has 2 heterocycles. The molecule has 2 N–H and O–H groups in total. The number of ether oxygens (including phenoxy) is 2. The molecule has 2 aliphatic heterocycles. The molecule has 3 aliphatic rings. The van der Waals surface area contributed by atoms with Gasteiger partial charge in [-0.05, 0) is 96.5 Å². The average molecular weight is 642 g/mol. The number of nitrogens with zero attached hydrogens (tertiary/aromatic N) is 4. The predicted octanol–water partition coefficient (Wildman–Crippen LogP) is 4.63. The Labute approximate surface area is 271 Å². The number of nitrogens with one attached hydrogen (secondary N) is 1. The maximum absolute atomic E-state index is 13.9. The minimum absolute atomic E-state index is 0.0392. The first kappa shape index (κ1) is 35.5. The van der Waals surface area contributed by atoms with Gasteiger partial charge in [-0.15, -0.1) is 0 Å². The highest BCUT2D eigenvalue weighted by Crippen LogP contribution is 2.53. The lowest BCUT2D eigenvalue weighted by Gasteiger charge is -2.33. The molecule has 13 nitrogen and oxygen atoms in total. The zero-order valence-electron chi connectivity index (χ0n) is 28.0. The minimum Gasteiger partial charge on any atom is -0.460 e. The van der Waals surface area contributed by atoms with Crippen LogP contribution in [0.3, 0.4) is 0 Å². The number of azide groups is 1. The summed E-state index contributed by atoms with van der Waals surface area (Å²) in [6, 6.07) is 8.10. The molecule has 14 heteroatoms. The van der Waals surface area contributed by atoms with Gasteiger partial charge in [0, 0.05) is 18.0 Å². The summed E-state index contributed by atoms with van der Waals surface area (Å²) in [5.41, 5.74) is 7.33. The molecule has 46 heavy (non-hydrogen) atoms. The van der Waals surface area contributed by atoms with E-state index in [1.807, 2.05) is 58.0 Å². The van der Waals surface area contributed by atoms with Gasteiger partial charge >= 0.3 is 19.2 Å². The fraction of sp³-hybridized carbons (Fsp3) is 0.719. The van der Waals surface area contributed by atoms with Crippen LogP contribution in [0.25, 0.3) is 10.4 Å². The van der Waals surface area contributed by atoms with E-state index in [0.29, 0.717) is 19.2 Å². The second-order valence-electron chi connectivity index (χ2n) is 14.7. The Kier molecular flexibility index (Phi) is 10.7. The highest BCUT2D eigenvalue weighted by Gasteiger charge is 2.61. The van der Waals surface area contributed by atoms with Crippen molar-refractivity contribution in [1.29, 1.82) is 0 Å². The third-order valence-corrected chi connectivity index (χ3v) is 9.72. The Morgan fingerprint density at radius 1 is 1.15 bits per heavy atom. The summed E-state index contributed by atoms with van der Waals surface area (Å²) in [4.78, 5) is 44.4. The van der Waals surface area contributed by atoms with Crippen molar-refractivity contribution in [1.82, 2.24) is 10.2 Å². The van der Waals surface area contributed by atoms with Gasteiger partial charge in [-0.2, -0.15) is 0 Å². The van der Waals surface area contributed by atoms with Crippen LogP contribution in [0.15, 0.2) is 35.4 Å². The molecule has 252 valence electrons. The topological polar surface area (TPSA) is 172 Å². The molecule has 0 aromatic heterocycles. The summed E-state index contributed by atoms with van der Waals surface area (Å²) in [7, 11) is -0.424. The van der Waals surface area contributed by atoms with Gasteiger partial charge in [-0.25, -0.2) is 4.79 Å². The van der Waals surface area contributed by atoms with Crippen LogP contribution < -0.4 is 5.32 Å². The van der Waals surface area contributed by atoms with Crippen LogP contribution in [0.5, 0.6) is 0 Å². The Morgan fingerprint density at radius 3 is 2.39 bits per heavy atom. The number of esters is 1. The Morgan fingerprint density at radius 2 is 1.80 bits per heavy atom.